The maximum Gasteiger partial charge on any atom is 0.243 e. The molecule has 6 nitrogen and oxygen atoms in total. The van der Waals surface area contributed by atoms with Crippen molar-refractivity contribution in [3.05, 3.63) is 84.4 Å². The van der Waals surface area contributed by atoms with Crippen molar-refractivity contribution in [1.29, 1.82) is 5.26 Å². The van der Waals surface area contributed by atoms with E-state index in [9.17, 15) is 18.8 Å². The van der Waals surface area contributed by atoms with Gasteiger partial charge in [-0.05, 0) is 36.4 Å². The molecule has 0 bridgehead atoms. The normalized spacial score (nSPS) is 12.4. The van der Waals surface area contributed by atoms with Gasteiger partial charge in [0.25, 0.3) is 0 Å². The van der Waals surface area contributed by atoms with Crippen molar-refractivity contribution >= 4 is 42.9 Å². The SMILES string of the molecule is C=CCN(CC=C)S(=O)(=O)c1ccc(/C(O)=C(/C#N)c2nc3ccccc3s2)cc1. The number of benzene rings is 2. The number of fused-ring (bicyclic) bond motifs is 1. The zero-order valence-corrected chi connectivity index (χ0v) is 17.7. The third kappa shape index (κ3) is 4.19. The van der Waals surface area contributed by atoms with Crippen LogP contribution in [0.5, 0.6) is 0 Å². The molecule has 0 aliphatic carbocycles. The van der Waals surface area contributed by atoms with Gasteiger partial charge in [0.15, 0.2) is 0 Å². The first-order valence-corrected chi connectivity index (χ1v) is 11.2. The molecule has 1 N–H and O–H groups in total. The van der Waals surface area contributed by atoms with Gasteiger partial charge in [0.05, 0.1) is 15.1 Å². The molecule has 0 atom stereocenters. The average molecular weight is 438 g/mol. The fourth-order valence-electron chi connectivity index (χ4n) is 2.82. The predicted molar refractivity (Wildman–Crippen MR) is 120 cm³/mol. The second-order valence-electron chi connectivity index (χ2n) is 6.25. The third-order valence-corrected chi connectivity index (χ3v) is 7.19. The molecule has 0 amide bonds. The first kappa shape index (κ1) is 21.5. The maximum atomic E-state index is 12.8. The number of sulfonamides is 1. The van der Waals surface area contributed by atoms with Crippen LogP contribution in [-0.2, 0) is 10.0 Å². The number of para-hydroxylation sites is 1. The van der Waals surface area contributed by atoms with Crippen LogP contribution >= 0.6 is 11.3 Å². The summed E-state index contributed by atoms with van der Waals surface area (Å²) in [4.78, 5) is 4.48. The molecule has 0 saturated carbocycles. The lowest BCUT2D eigenvalue weighted by atomic mass is 10.1. The minimum absolute atomic E-state index is 0.0340. The number of allylic oxidation sites excluding steroid dienone is 1. The lowest BCUT2D eigenvalue weighted by molar-refractivity contribution is 0.474. The Morgan fingerprint density at radius 3 is 2.33 bits per heavy atom. The van der Waals surface area contributed by atoms with E-state index < -0.39 is 10.0 Å². The molecule has 0 aliphatic rings. The molecular weight excluding hydrogens is 418 g/mol. The Bertz CT molecular complexity index is 1220. The minimum Gasteiger partial charge on any atom is -0.506 e. The number of nitriles is 1. The Kier molecular flexibility index (Phi) is 6.47. The summed E-state index contributed by atoms with van der Waals surface area (Å²) < 4.78 is 27.7. The van der Waals surface area contributed by atoms with Gasteiger partial charge in [-0.1, -0.05) is 24.3 Å². The van der Waals surface area contributed by atoms with Gasteiger partial charge in [-0.3, -0.25) is 0 Å². The van der Waals surface area contributed by atoms with Crippen LogP contribution in [0.4, 0.5) is 0 Å². The molecule has 0 spiro atoms. The van der Waals surface area contributed by atoms with Crippen LogP contribution in [0.25, 0.3) is 21.5 Å². The van der Waals surface area contributed by atoms with Crippen molar-refractivity contribution in [2.24, 2.45) is 0 Å². The van der Waals surface area contributed by atoms with Crippen molar-refractivity contribution in [2.45, 2.75) is 4.90 Å². The zero-order valence-electron chi connectivity index (χ0n) is 16.0. The summed E-state index contributed by atoms with van der Waals surface area (Å²) in [6.07, 6.45) is 3.00. The summed E-state index contributed by atoms with van der Waals surface area (Å²) in [6, 6.07) is 15.2. The van der Waals surface area contributed by atoms with E-state index in [4.69, 9.17) is 0 Å². The van der Waals surface area contributed by atoms with Crippen LogP contribution in [0.15, 0.2) is 78.7 Å². The number of hydrogen-bond acceptors (Lipinski definition) is 6. The summed E-state index contributed by atoms with van der Waals surface area (Å²) in [7, 11) is -3.75. The van der Waals surface area contributed by atoms with Crippen molar-refractivity contribution < 1.29 is 13.5 Å². The monoisotopic (exact) mass is 437 g/mol. The molecule has 8 heteroatoms. The van der Waals surface area contributed by atoms with E-state index in [0.717, 1.165) is 10.2 Å². The van der Waals surface area contributed by atoms with Crippen molar-refractivity contribution in [1.82, 2.24) is 9.29 Å². The number of rotatable bonds is 8. The highest BCUT2D eigenvalue weighted by atomic mass is 32.2. The Hall–Kier alpha value is -3.25. The van der Waals surface area contributed by atoms with Gasteiger partial charge in [0.1, 0.15) is 22.4 Å². The highest BCUT2D eigenvalue weighted by Gasteiger charge is 2.23. The standard InChI is InChI=1S/C22H19N3O3S2/c1-3-13-25(14-4-2)30(27,28)17-11-9-16(10-12-17)21(26)18(15-23)22-24-19-7-5-6-8-20(19)29-22/h3-12,26H,1-2,13-14H2/b21-18+. The van der Waals surface area contributed by atoms with Gasteiger partial charge in [-0.2, -0.15) is 9.57 Å². The molecule has 3 aromatic rings. The van der Waals surface area contributed by atoms with E-state index >= 15 is 0 Å². The molecule has 30 heavy (non-hydrogen) atoms. The first-order valence-electron chi connectivity index (χ1n) is 8.94. The fraction of sp³-hybridized carbons (Fsp3) is 0.0909. The molecule has 2 aromatic carbocycles. The summed E-state index contributed by atoms with van der Waals surface area (Å²) in [5, 5.41) is 20.7. The van der Waals surface area contributed by atoms with Crippen LogP contribution in [-0.4, -0.2) is 35.9 Å². The summed E-state index contributed by atoms with van der Waals surface area (Å²) >= 11 is 1.30. The highest BCUT2D eigenvalue weighted by Crippen LogP contribution is 2.31. The Morgan fingerprint density at radius 1 is 1.13 bits per heavy atom. The van der Waals surface area contributed by atoms with Gasteiger partial charge in [0, 0.05) is 18.7 Å². The van der Waals surface area contributed by atoms with Gasteiger partial charge >= 0.3 is 0 Å². The quantitative estimate of drug-likeness (QED) is 0.315. The topological polar surface area (TPSA) is 94.3 Å². The van der Waals surface area contributed by atoms with Crippen LogP contribution in [0.2, 0.25) is 0 Å². The van der Waals surface area contributed by atoms with E-state index in [1.54, 1.807) is 0 Å². The number of aliphatic hydroxyl groups is 1. The molecule has 1 heterocycles. The number of aliphatic hydroxyl groups excluding tert-OH is 1. The predicted octanol–water partition coefficient (Wildman–Crippen LogP) is 4.61. The lowest BCUT2D eigenvalue weighted by Crippen LogP contribution is -2.31. The molecule has 3 rings (SSSR count). The Morgan fingerprint density at radius 2 is 1.77 bits per heavy atom. The number of nitrogens with zero attached hydrogens (tertiary/aromatic N) is 3. The van der Waals surface area contributed by atoms with E-state index in [-0.39, 0.29) is 29.3 Å². The molecule has 0 radical (unpaired) electrons. The van der Waals surface area contributed by atoms with Crippen molar-refractivity contribution in [3.8, 4) is 6.07 Å². The summed E-state index contributed by atoms with van der Waals surface area (Å²) in [5.74, 6) is -0.255. The van der Waals surface area contributed by atoms with E-state index in [2.05, 4.69) is 18.1 Å². The van der Waals surface area contributed by atoms with Gasteiger partial charge < -0.3 is 5.11 Å². The van der Waals surface area contributed by atoms with Crippen LogP contribution < -0.4 is 0 Å². The van der Waals surface area contributed by atoms with E-state index in [0.29, 0.717) is 10.6 Å². The first-order chi connectivity index (χ1) is 14.4. The van der Waals surface area contributed by atoms with Crippen LogP contribution in [0.1, 0.15) is 10.6 Å². The summed E-state index contributed by atoms with van der Waals surface area (Å²) in [6.45, 7) is 7.47. The Balaban J connectivity index is 1.98. The molecule has 0 fully saturated rings. The number of aromatic nitrogens is 1. The molecule has 0 saturated heterocycles. The second-order valence-corrected chi connectivity index (χ2v) is 9.21. The summed E-state index contributed by atoms with van der Waals surface area (Å²) in [5.41, 5.74) is 1.10. The molecule has 0 aliphatic heterocycles. The largest absolute Gasteiger partial charge is 0.506 e. The van der Waals surface area contributed by atoms with E-state index in [1.165, 1.54) is 52.1 Å². The van der Waals surface area contributed by atoms with Gasteiger partial charge in [-0.25, -0.2) is 13.4 Å². The minimum atomic E-state index is -3.75. The number of hydrogen-bond donors (Lipinski definition) is 1. The molecular formula is C22H19N3O3S2. The van der Waals surface area contributed by atoms with Crippen molar-refractivity contribution in [2.75, 3.05) is 13.1 Å². The maximum absolute atomic E-state index is 12.8. The smallest absolute Gasteiger partial charge is 0.243 e. The van der Waals surface area contributed by atoms with E-state index in [1.807, 2.05) is 30.3 Å². The third-order valence-electron chi connectivity index (χ3n) is 4.29. The van der Waals surface area contributed by atoms with Gasteiger partial charge in [-0.15, -0.1) is 24.5 Å². The molecule has 1 aromatic heterocycles. The number of thiazole rings is 1. The highest BCUT2D eigenvalue weighted by molar-refractivity contribution is 7.89. The molecule has 0 unspecified atom stereocenters. The average Bonchev–Trinajstić information content (AvgIpc) is 3.18. The van der Waals surface area contributed by atoms with Crippen LogP contribution in [0.3, 0.4) is 0 Å². The fourth-order valence-corrected chi connectivity index (χ4v) is 5.16. The lowest BCUT2D eigenvalue weighted by Gasteiger charge is -2.19. The zero-order chi connectivity index (χ0) is 21.7. The second kappa shape index (κ2) is 9.05. The Labute approximate surface area is 179 Å². The van der Waals surface area contributed by atoms with Gasteiger partial charge in [0.2, 0.25) is 10.0 Å². The van der Waals surface area contributed by atoms with Crippen molar-refractivity contribution in [3.63, 3.8) is 0 Å². The molecule has 152 valence electrons. The van der Waals surface area contributed by atoms with Crippen LogP contribution in [0, 0.1) is 11.3 Å².